The number of nitrogens with one attached hydrogen (secondary N) is 1. The van der Waals surface area contributed by atoms with Crippen LogP contribution < -0.4 is 5.32 Å². The first-order valence-electron chi connectivity index (χ1n) is 4.37. The maximum absolute atomic E-state index is 3.90. The summed E-state index contributed by atoms with van der Waals surface area (Å²) >= 11 is 0. The Morgan fingerprint density at radius 3 is 2.40 bits per heavy atom. The van der Waals surface area contributed by atoms with Gasteiger partial charge >= 0.3 is 0 Å². The lowest BCUT2D eigenvalue weighted by molar-refractivity contribution is 0.478. The Morgan fingerprint density at radius 2 is 2.00 bits per heavy atom. The van der Waals surface area contributed by atoms with Crippen molar-refractivity contribution in [3.63, 3.8) is 0 Å². The fourth-order valence-corrected chi connectivity index (χ4v) is 1.05. The first kappa shape index (κ1) is 9.96. The van der Waals surface area contributed by atoms with E-state index in [4.69, 9.17) is 0 Å². The van der Waals surface area contributed by atoms with E-state index in [1.165, 1.54) is 19.3 Å². The van der Waals surface area contributed by atoms with Crippen LogP contribution in [0.25, 0.3) is 0 Å². The van der Waals surface area contributed by atoms with Crippen LogP contribution >= 0.6 is 0 Å². The first-order valence-corrected chi connectivity index (χ1v) is 4.37. The smallest absolute Gasteiger partial charge is 0.00669 e. The van der Waals surface area contributed by atoms with Gasteiger partial charge < -0.3 is 5.32 Å². The van der Waals surface area contributed by atoms with Crippen molar-refractivity contribution in [2.75, 3.05) is 6.54 Å². The molecule has 0 rings (SSSR count). The van der Waals surface area contributed by atoms with Gasteiger partial charge in [-0.1, -0.05) is 27.2 Å². The Labute approximate surface area is 65.2 Å². The first-order chi connectivity index (χ1) is 4.85. The molecule has 0 fully saturated rings. The summed E-state index contributed by atoms with van der Waals surface area (Å²) in [6.07, 6.45) is 4.77. The molecule has 0 aliphatic heterocycles. The summed E-state index contributed by atoms with van der Waals surface area (Å²) in [7, 11) is 0. The highest BCUT2D eigenvalue weighted by Gasteiger charge is 2.00. The average molecular weight is 142 g/mol. The van der Waals surface area contributed by atoms with Gasteiger partial charge in [-0.3, -0.25) is 0 Å². The normalized spacial score (nSPS) is 13.5. The molecule has 1 atom stereocenters. The molecule has 0 aromatic heterocycles. The molecule has 1 N–H and O–H groups in total. The minimum absolute atomic E-state index is 0.657. The number of rotatable bonds is 6. The fraction of sp³-hybridized carbons (Fsp3) is 0.889. The third-order valence-corrected chi connectivity index (χ3v) is 1.67. The molecular weight excluding hydrogens is 122 g/mol. The van der Waals surface area contributed by atoms with Crippen LogP contribution in [0.5, 0.6) is 0 Å². The minimum atomic E-state index is 0.657. The van der Waals surface area contributed by atoms with Crippen molar-refractivity contribution in [2.24, 2.45) is 0 Å². The Bertz CT molecular complexity index is 61.7. The predicted molar refractivity (Wildman–Crippen MR) is 47.0 cm³/mol. The maximum Gasteiger partial charge on any atom is 0.00669 e. The molecule has 0 aromatic carbocycles. The predicted octanol–water partition coefficient (Wildman–Crippen LogP) is 2.38. The van der Waals surface area contributed by atoms with Crippen LogP contribution in [0.3, 0.4) is 0 Å². The third kappa shape index (κ3) is 4.80. The zero-order chi connectivity index (χ0) is 7.82. The second-order valence-electron chi connectivity index (χ2n) is 2.73. The Hall–Kier alpha value is -0.0400. The van der Waals surface area contributed by atoms with E-state index >= 15 is 0 Å². The lowest BCUT2D eigenvalue weighted by Gasteiger charge is -2.14. The van der Waals surface area contributed by atoms with Crippen molar-refractivity contribution in [1.82, 2.24) is 5.32 Å². The Morgan fingerprint density at radius 1 is 1.30 bits per heavy atom. The zero-order valence-corrected chi connectivity index (χ0v) is 7.32. The van der Waals surface area contributed by atoms with Gasteiger partial charge in [0.25, 0.3) is 0 Å². The summed E-state index contributed by atoms with van der Waals surface area (Å²) < 4.78 is 0. The molecule has 0 aliphatic carbocycles. The van der Waals surface area contributed by atoms with Crippen LogP contribution in [0.1, 0.15) is 39.5 Å². The van der Waals surface area contributed by atoms with Crippen molar-refractivity contribution in [2.45, 2.75) is 45.6 Å². The third-order valence-electron chi connectivity index (χ3n) is 1.67. The van der Waals surface area contributed by atoms with E-state index in [2.05, 4.69) is 26.1 Å². The van der Waals surface area contributed by atoms with E-state index in [0.29, 0.717) is 6.04 Å². The van der Waals surface area contributed by atoms with Gasteiger partial charge in [0, 0.05) is 6.04 Å². The van der Waals surface area contributed by atoms with Gasteiger partial charge in [0.2, 0.25) is 0 Å². The van der Waals surface area contributed by atoms with E-state index in [1.807, 2.05) is 0 Å². The fourth-order valence-electron chi connectivity index (χ4n) is 1.05. The lowest BCUT2D eigenvalue weighted by Crippen LogP contribution is -2.28. The van der Waals surface area contributed by atoms with Crippen LogP contribution in [-0.4, -0.2) is 12.6 Å². The summed E-state index contributed by atoms with van der Waals surface area (Å²) in [5.74, 6) is 0. The number of hydrogen-bond donors (Lipinski definition) is 1. The maximum atomic E-state index is 3.90. The van der Waals surface area contributed by atoms with Gasteiger partial charge in [-0.15, -0.1) is 0 Å². The Balaban J connectivity index is 3.21. The summed E-state index contributed by atoms with van der Waals surface area (Å²) in [6, 6.07) is 0.657. The van der Waals surface area contributed by atoms with Crippen LogP contribution in [0.15, 0.2) is 0 Å². The molecule has 0 saturated heterocycles. The molecule has 0 spiro atoms. The van der Waals surface area contributed by atoms with E-state index in [-0.39, 0.29) is 0 Å². The molecule has 10 heavy (non-hydrogen) atoms. The van der Waals surface area contributed by atoms with Gasteiger partial charge in [-0.05, 0) is 25.8 Å². The van der Waals surface area contributed by atoms with Gasteiger partial charge in [-0.2, -0.15) is 0 Å². The monoisotopic (exact) mass is 142 g/mol. The van der Waals surface area contributed by atoms with E-state index in [0.717, 1.165) is 13.0 Å². The lowest BCUT2D eigenvalue weighted by atomic mass is 10.1. The molecule has 0 heterocycles. The molecule has 0 saturated carbocycles. The van der Waals surface area contributed by atoms with Crippen LogP contribution in [0.2, 0.25) is 0 Å². The van der Waals surface area contributed by atoms with Gasteiger partial charge in [-0.25, -0.2) is 0 Å². The van der Waals surface area contributed by atoms with Crippen LogP contribution in [0.4, 0.5) is 0 Å². The highest BCUT2D eigenvalue weighted by atomic mass is 14.9. The summed E-state index contributed by atoms with van der Waals surface area (Å²) in [4.78, 5) is 0. The molecule has 1 radical (unpaired) electrons. The summed E-state index contributed by atoms with van der Waals surface area (Å²) in [6.45, 7) is 9.45. The van der Waals surface area contributed by atoms with Gasteiger partial charge in [0.05, 0.1) is 0 Å². The molecule has 1 unspecified atom stereocenters. The second kappa shape index (κ2) is 7.07. The SMILES string of the molecule is [CH2]CC(CCC)NCCC. The average Bonchev–Trinajstić information content (AvgIpc) is 1.98. The summed E-state index contributed by atoms with van der Waals surface area (Å²) in [5.41, 5.74) is 0. The van der Waals surface area contributed by atoms with E-state index in [1.54, 1.807) is 0 Å². The zero-order valence-electron chi connectivity index (χ0n) is 7.32. The molecule has 61 valence electrons. The van der Waals surface area contributed by atoms with Crippen molar-refractivity contribution in [1.29, 1.82) is 0 Å². The highest BCUT2D eigenvalue weighted by molar-refractivity contribution is 4.66. The highest BCUT2D eigenvalue weighted by Crippen LogP contribution is 1.99. The molecular formula is C9H20N. The van der Waals surface area contributed by atoms with E-state index in [9.17, 15) is 0 Å². The van der Waals surface area contributed by atoms with Gasteiger partial charge in [0.15, 0.2) is 0 Å². The Kier molecular flexibility index (Phi) is 7.04. The van der Waals surface area contributed by atoms with Crippen molar-refractivity contribution in [3.05, 3.63) is 6.92 Å². The topological polar surface area (TPSA) is 12.0 Å². The van der Waals surface area contributed by atoms with Crippen molar-refractivity contribution in [3.8, 4) is 0 Å². The number of hydrogen-bond acceptors (Lipinski definition) is 1. The van der Waals surface area contributed by atoms with Crippen molar-refractivity contribution >= 4 is 0 Å². The quantitative estimate of drug-likeness (QED) is 0.600. The molecule has 0 aromatic rings. The molecule has 0 amide bonds. The minimum Gasteiger partial charge on any atom is -0.314 e. The summed E-state index contributed by atoms with van der Waals surface area (Å²) in [5, 5.41) is 3.46. The van der Waals surface area contributed by atoms with E-state index < -0.39 is 0 Å². The second-order valence-corrected chi connectivity index (χ2v) is 2.73. The largest absolute Gasteiger partial charge is 0.314 e. The van der Waals surface area contributed by atoms with Crippen LogP contribution in [-0.2, 0) is 0 Å². The molecule has 0 aliphatic rings. The van der Waals surface area contributed by atoms with Crippen molar-refractivity contribution < 1.29 is 0 Å². The molecule has 0 bridgehead atoms. The molecule has 1 nitrogen and oxygen atoms in total. The van der Waals surface area contributed by atoms with Gasteiger partial charge in [0.1, 0.15) is 0 Å². The standard InChI is InChI=1S/C9H20N/c1-4-7-9(6-3)10-8-5-2/h9-10H,3-8H2,1-2H3. The van der Waals surface area contributed by atoms with Crippen LogP contribution in [0, 0.1) is 6.92 Å². The molecule has 1 heteroatoms.